The Morgan fingerprint density at radius 3 is 2.48 bits per heavy atom. The molecule has 0 bridgehead atoms. The number of esters is 1. The predicted molar refractivity (Wildman–Crippen MR) is 84.8 cm³/mol. The Hall–Kier alpha value is -0.800. The zero-order chi connectivity index (χ0) is 15.6. The average Bonchev–Trinajstić information content (AvgIpc) is 2.37. The molecule has 3 atom stereocenters. The molecule has 0 N–H and O–H groups in total. The summed E-state index contributed by atoms with van der Waals surface area (Å²) in [6.07, 6.45) is 3.19. The number of ether oxygens (including phenoxy) is 1. The largest absolute Gasteiger partial charge is 0.458 e. The van der Waals surface area contributed by atoms with Gasteiger partial charge in [-0.05, 0) is 42.7 Å². The molecule has 0 spiro atoms. The third-order valence-electron chi connectivity index (χ3n) is 4.22. The highest BCUT2D eigenvalue weighted by Crippen LogP contribution is 2.35. The number of halogens is 2. The maximum atomic E-state index is 12.3. The van der Waals surface area contributed by atoms with Crippen molar-refractivity contribution in [3.63, 3.8) is 0 Å². The Morgan fingerprint density at radius 1 is 1.29 bits per heavy atom. The topological polar surface area (TPSA) is 39.2 Å². The summed E-state index contributed by atoms with van der Waals surface area (Å²) < 4.78 is 5.75. The fraction of sp³-hybridized carbons (Fsp3) is 0.625. The molecule has 0 amide bonds. The minimum absolute atomic E-state index is 0.0352. The molecule has 1 aromatic heterocycles. The summed E-state index contributed by atoms with van der Waals surface area (Å²) in [5.74, 6) is 1.13. The van der Waals surface area contributed by atoms with E-state index in [1.807, 2.05) is 0 Å². The van der Waals surface area contributed by atoms with Crippen molar-refractivity contribution < 1.29 is 9.53 Å². The zero-order valence-electron chi connectivity index (χ0n) is 12.6. The highest BCUT2D eigenvalue weighted by Gasteiger charge is 2.33. The monoisotopic (exact) mass is 329 g/mol. The van der Waals surface area contributed by atoms with Gasteiger partial charge in [-0.3, -0.25) is 0 Å². The lowest BCUT2D eigenvalue weighted by atomic mass is 9.75. The maximum absolute atomic E-state index is 12.3. The summed E-state index contributed by atoms with van der Waals surface area (Å²) in [5, 5.41) is 0.402. The average molecular weight is 330 g/mol. The van der Waals surface area contributed by atoms with Gasteiger partial charge in [-0.2, -0.15) is 0 Å². The summed E-state index contributed by atoms with van der Waals surface area (Å²) in [4.78, 5) is 16.2. The van der Waals surface area contributed by atoms with Crippen LogP contribution in [0.3, 0.4) is 0 Å². The first-order valence-electron chi connectivity index (χ1n) is 7.41. The van der Waals surface area contributed by atoms with E-state index in [2.05, 4.69) is 25.8 Å². The number of nitrogens with zero attached hydrogens (tertiary/aromatic N) is 1. The molecule has 0 radical (unpaired) electrons. The lowest BCUT2D eigenvalue weighted by Crippen LogP contribution is -2.35. The molecule has 0 aromatic carbocycles. The van der Waals surface area contributed by atoms with Gasteiger partial charge in [0, 0.05) is 0 Å². The molecule has 1 aliphatic carbocycles. The second kappa shape index (κ2) is 6.97. The molecule has 2 rings (SSSR count). The van der Waals surface area contributed by atoms with Crippen molar-refractivity contribution in [1.82, 2.24) is 4.98 Å². The second-order valence-electron chi connectivity index (χ2n) is 6.27. The molecule has 3 unspecified atom stereocenters. The normalized spacial score (nSPS) is 25.9. The van der Waals surface area contributed by atoms with Gasteiger partial charge in [0.15, 0.2) is 0 Å². The minimum atomic E-state index is -0.369. The van der Waals surface area contributed by atoms with Crippen LogP contribution in [0.1, 0.15) is 50.4 Å². The maximum Gasteiger partial charge on any atom is 0.338 e. The van der Waals surface area contributed by atoms with E-state index in [0.717, 1.165) is 12.8 Å². The number of hydrogen-bond donors (Lipinski definition) is 0. The van der Waals surface area contributed by atoms with Crippen molar-refractivity contribution >= 4 is 29.2 Å². The van der Waals surface area contributed by atoms with E-state index >= 15 is 0 Å². The van der Waals surface area contributed by atoms with Gasteiger partial charge in [0.2, 0.25) is 0 Å². The van der Waals surface area contributed by atoms with Gasteiger partial charge in [0.05, 0.1) is 5.56 Å². The van der Waals surface area contributed by atoms with Crippen molar-refractivity contribution in [2.45, 2.75) is 46.1 Å². The molecule has 21 heavy (non-hydrogen) atoms. The summed E-state index contributed by atoms with van der Waals surface area (Å²) in [5.41, 5.74) is 0.362. The summed E-state index contributed by atoms with van der Waals surface area (Å²) >= 11 is 11.7. The fourth-order valence-corrected chi connectivity index (χ4v) is 3.50. The van der Waals surface area contributed by atoms with E-state index in [9.17, 15) is 4.79 Å². The van der Waals surface area contributed by atoms with Gasteiger partial charge in [0.25, 0.3) is 0 Å². The molecule has 0 saturated heterocycles. The van der Waals surface area contributed by atoms with Crippen LogP contribution in [0.15, 0.2) is 12.1 Å². The van der Waals surface area contributed by atoms with Crippen LogP contribution in [0.5, 0.6) is 0 Å². The van der Waals surface area contributed by atoms with Crippen molar-refractivity contribution in [3.8, 4) is 0 Å². The number of carbonyl (C=O) groups is 1. The first-order valence-corrected chi connectivity index (χ1v) is 8.16. The van der Waals surface area contributed by atoms with E-state index < -0.39 is 0 Å². The van der Waals surface area contributed by atoms with Gasteiger partial charge >= 0.3 is 5.97 Å². The van der Waals surface area contributed by atoms with Crippen LogP contribution < -0.4 is 0 Å². The van der Waals surface area contributed by atoms with Crippen LogP contribution in [-0.2, 0) is 4.74 Å². The van der Waals surface area contributed by atoms with Crippen LogP contribution in [0.2, 0.25) is 10.3 Å². The van der Waals surface area contributed by atoms with E-state index in [-0.39, 0.29) is 22.4 Å². The van der Waals surface area contributed by atoms with Crippen LogP contribution in [0, 0.1) is 17.8 Å². The van der Waals surface area contributed by atoms with Crippen molar-refractivity contribution in [3.05, 3.63) is 28.0 Å². The number of pyridine rings is 1. The van der Waals surface area contributed by atoms with Crippen molar-refractivity contribution in [2.24, 2.45) is 17.8 Å². The molecule has 1 aliphatic rings. The Labute approximate surface area is 136 Å². The van der Waals surface area contributed by atoms with Gasteiger partial charge in [0.1, 0.15) is 16.4 Å². The predicted octanol–water partition coefficient (Wildman–Crippen LogP) is 5.01. The minimum Gasteiger partial charge on any atom is -0.458 e. The van der Waals surface area contributed by atoms with Gasteiger partial charge in [-0.15, -0.1) is 0 Å². The lowest BCUT2D eigenvalue weighted by molar-refractivity contribution is -0.0174. The standard InChI is InChI=1S/C16H21Cl2NO2/c1-9(2)12-5-4-10(3)6-13(12)21-16(20)11-7-14(17)19-15(18)8-11/h7-10,12-13H,4-6H2,1-3H3. The Balaban J connectivity index is 2.12. The Kier molecular flexibility index (Phi) is 5.50. The summed E-state index contributed by atoms with van der Waals surface area (Å²) in [6.45, 7) is 6.57. The van der Waals surface area contributed by atoms with E-state index in [1.165, 1.54) is 18.6 Å². The van der Waals surface area contributed by atoms with Crippen LogP contribution in [0.4, 0.5) is 0 Å². The molecule has 1 heterocycles. The third-order valence-corrected chi connectivity index (χ3v) is 4.61. The van der Waals surface area contributed by atoms with Gasteiger partial charge in [-0.25, -0.2) is 9.78 Å². The smallest absolute Gasteiger partial charge is 0.338 e. The molecule has 116 valence electrons. The summed E-state index contributed by atoms with van der Waals surface area (Å²) in [7, 11) is 0. The zero-order valence-corrected chi connectivity index (χ0v) is 14.1. The second-order valence-corrected chi connectivity index (χ2v) is 7.05. The molecule has 3 nitrogen and oxygen atoms in total. The number of aromatic nitrogens is 1. The number of carbonyl (C=O) groups excluding carboxylic acids is 1. The molecular formula is C16H21Cl2NO2. The molecule has 1 saturated carbocycles. The third kappa shape index (κ3) is 4.33. The highest BCUT2D eigenvalue weighted by atomic mass is 35.5. The highest BCUT2D eigenvalue weighted by molar-refractivity contribution is 6.32. The SMILES string of the molecule is CC1CCC(C(C)C)C(OC(=O)c2cc(Cl)nc(Cl)c2)C1. The van der Waals surface area contributed by atoms with Gasteiger partial charge in [-0.1, -0.05) is 50.4 Å². The fourth-order valence-electron chi connectivity index (χ4n) is 3.04. The van der Waals surface area contributed by atoms with E-state index in [1.54, 1.807) is 0 Å². The van der Waals surface area contributed by atoms with Crippen molar-refractivity contribution in [2.75, 3.05) is 0 Å². The van der Waals surface area contributed by atoms with E-state index in [4.69, 9.17) is 27.9 Å². The number of hydrogen-bond acceptors (Lipinski definition) is 3. The van der Waals surface area contributed by atoms with E-state index in [0.29, 0.717) is 23.3 Å². The van der Waals surface area contributed by atoms with Crippen LogP contribution >= 0.6 is 23.2 Å². The molecule has 1 aromatic rings. The Bertz CT molecular complexity index is 499. The molecular weight excluding hydrogens is 309 g/mol. The van der Waals surface area contributed by atoms with Gasteiger partial charge < -0.3 is 4.74 Å². The molecule has 0 aliphatic heterocycles. The quantitative estimate of drug-likeness (QED) is 0.578. The van der Waals surface area contributed by atoms with Crippen molar-refractivity contribution in [1.29, 1.82) is 0 Å². The van der Waals surface area contributed by atoms with Crippen LogP contribution in [-0.4, -0.2) is 17.1 Å². The molecule has 1 fully saturated rings. The lowest BCUT2D eigenvalue weighted by Gasteiger charge is -2.36. The first-order chi connectivity index (χ1) is 9.86. The summed E-state index contributed by atoms with van der Waals surface area (Å²) in [6, 6.07) is 2.98. The Morgan fingerprint density at radius 2 is 1.90 bits per heavy atom. The molecule has 5 heteroatoms. The first kappa shape index (κ1) is 16.6. The number of rotatable bonds is 3. The van der Waals surface area contributed by atoms with Crippen LogP contribution in [0.25, 0.3) is 0 Å².